The van der Waals surface area contributed by atoms with E-state index in [1.54, 1.807) is 24.5 Å². The number of benzene rings is 1. The van der Waals surface area contributed by atoms with Gasteiger partial charge in [0.05, 0.1) is 12.3 Å². The molecule has 0 saturated carbocycles. The first kappa shape index (κ1) is 21.9. The number of nitrogens with two attached hydrogens (primary N) is 1. The normalized spacial score (nSPS) is 18.7. The number of rotatable bonds is 3. The average molecular weight is 414 g/mol. The number of carboxylic acid groups (broad SMARTS) is 1. The van der Waals surface area contributed by atoms with E-state index in [1.807, 2.05) is 12.1 Å². The molecule has 29 heavy (non-hydrogen) atoms. The van der Waals surface area contributed by atoms with Crippen LogP contribution in [-0.4, -0.2) is 68.0 Å². The highest BCUT2D eigenvalue weighted by Gasteiger charge is 2.38. The van der Waals surface area contributed by atoms with Crippen molar-refractivity contribution in [2.75, 3.05) is 6.54 Å². The summed E-state index contributed by atoms with van der Waals surface area (Å²) in [5.74, 6) is -3.66. The lowest BCUT2D eigenvalue weighted by molar-refractivity contribution is -0.192. The van der Waals surface area contributed by atoms with E-state index in [0.29, 0.717) is 5.56 Å². The zero-order valence-electron chi connectivity index (χ0n) is 14.8. The molecule has 1 saturated heterocycles. The van der Waals surface area contributed by atoms with Gasteiger partial charge in [0.25, 0.3) is 5.91 Å². The molecule has 2 aromatic rings. The lowest BCUT2D eigenvalue weighted by atomic mass is 10.1. The third kappa shape index (κ3) is 5.54. The molecule has 1 aromatic carbocycles. The Labute approximate surface area is 161 Å². The smallest absolute Gasteiger partial charge is 0.475 e. The second-order valence-electron chi connectivity index (χ2n) is 6.13. The van der Waals surface area contributed by atoms with Crippen molar-refractivity contribution in [2.24, 2.45) is 5.73 Å². The number of amides is 2. The summed E-state index contributed by atoms with van der Waals surface area (Å²) >= 11 is 0. The van der Waals surface area contributed by atoms with E-state index >= 15 is 0 Å². The molecular weight excluding hydrogens is 397 g/mol. The molecule has 3 rings (SSSR count). The lowest BCUT2D eigenvalue weighted by Crippen LogP contribution is -2.43. The van der Waals surface area contributed by atoms with E-state index in [-0.39, 0.29) is 18.9 Å². The molecule has 1 fully saturated rings. The Hall–Kier alpha value is -3.41. The molecule has 1 aromatic heterocycles. The van der Waals surface area contributed by atoms with E-state index in [0.717, 1.165) is 11.1 Å². The molecule has 12 heteroatoms. The largest absolute Gasteiger partial charge is 0.490 e. The topological polar surface area (TPSA) is 150 Å². The highest BCUT2D eigenvalue weighted by molar-refractivity contribution is 5.98. The van der Waals surface area contributed by atoms with Crippen LogP contribution in [0.5, 0.6) is 0 Å². The number of carbonyl (C=O) groups is 3. The van der Waals surface area contributed by atoms with E-state index in [1.165, 1.54) is 4.90 Å². The van der Waals surface area contributed by atoms with Crippen molar-refractivity contribution < 1.29 is 37.8 Å². The van der Waals surface area contributed by atoms with E-state index in [9.17, 15) is 27.9 Å². The number of aliphatic hydroxyl groups excluding tert-OH is 1. The number of likely N-dealkylation sites (tertiary alicyclic amines) is 1. The fourth-order valence-electron chi connectivity index (χ4n) is 2.69. The summed E-state index contributed by atoms with van der Waals surface area (Å²) in [5, 5.41) is 23.4. The minimum atomic E-state index is -5.08. The number of nitrogens with zero attached hydrogens (tertiary/aromatic N) is 2. The third-order valence-corrected chi connectivity index (χ3v) is 4.07. The van der Waals surface area contributed by atoms with Crippen LogP contribution in [0.1, 0.15) is 16.8 Å². The summed E-state index contributed by atoms with van der Waals surface area (Å²) in [5.41, 5.74) is 7.60. The van der Waals surface area contributed by atoms with E-state index < -0.39 is 30.2 Å². The van der Waals surface area contributed by atoms with Gasteiger partial charge in [-0.05, 0) is 17.7 Å². The first-order valence-electron chi connectivity index (χ1n) is 8.18. The Balaban J connectivity index is 0.000000370. The van der Waals surface area contributed by atoms with Gasteiger partial charge in [0.1, 0.15) is 6.04 Å². The van der Waals surface area contributed by atoms with Gasteiger partial charge in [-0.2, -0.15) is 18.3 Å². The predicted octanol–water partition coefficient (Wildman–Crippen LogP) is 0.771. The van der Waals surface area contributed by atoms with Crippen molar-refractivity contribution >= 4 is 17.8 Å². The van der Waals surface area contributed by atoms with Crippen LogP contribution in [0.2, 0.25) is 0 Å². The number of carboxylic acids is 1. The van der Waals surface area contributed by atoms with Crippen molar-refractivity contribution in [1.82, 2.24) is 15.1 Å². The van der Waals surface area contributed by atoms with Gasteiger partial charge in [0, 0.05) is 30.3 Å². The van der Waals surface area contributed by atoms with Crippen LogP contribution in [-0.2, 0) is 9.59 Å². The summed E-state index contributed by atoms with van der Waals surface area (Å²) in [6, 6.07) is 6.24. The Morgan fingerprint density at radius 1 is 1.17 bits per heavy atom. The number of carbonyl (C=O) groups excluding carboxylic acids is 2. The molecule has 156 valence electrons. The lowest BCUT2D eigenvalue weighted by Gasteiger charge is -2.22. The molecule has 2 atom stereocenters. The summed E-state index contributed by atoms with van der Waals surface area (Å²) < 4.78 is 31.7. The van der Waals surface area contributed by atoms with Gasteiger partial charge < -0.3 is 20.8 Å². The van der Waals surface area contributed by atoms with Crippen LogP contribution in [0.3, 0.4) is 0 Å². The van der Waals surface area contributed by atoms with Crippen molar-refractivity contribution in [1.29, 1.82) is 0 Å². The number of hydrogen-bond acceptors (Lipinski definition) is 5. The van der Waals surface area contributed by atoms with Crippen molar-refractivity contribution in [3.05, 3.63) is 42.2 Å². The van der Waals surface area contributed by atoms with Crippen LogP contribution < -0.4 is 5.73 Å². The second-order valence-corrected chi connectivity index (χ2v) is 6.13. The van der Waals surface area contributed by atoms with Crippen LogP contribution in [0.4, 0.5) is 13.2 Å². The minimum absolute atomic E-state index is 0.121. The quantitative estimate of drug-likeness (QED) is 0.583. The van der Waals surface area contributed by atoms with Gasteiger partial charge in [0.15, 0.2) is 0 Å². The molecule has 0 radical (unpaired) electrons. The highest BCUT2D eigenvalue weighted by Crippen LogP contribution is 2.23. The van der Waals surface area contributed by atoms with Gasteiger partial charge in [-0.25, -0.2) is 4.79 Å². The number of primary amides is 1. The number of H-pyrrole nitrogens is 1. The van der Waals surface area contributed by atoms with Gasteiger partial charge in [-0.1, -0.05) is 12.1 Å². The average Bonchev–Trinajstić information content (AvgIpc) is 3.30. The molecule has 5 N–H and O–H groups in total. The number of hydrogen-bond donors (Lipinski definition) is 4. The molecule has 2 heterocycles. The summed E-state index contributed by atoms with van der Waals surface area (Å²) in [6.07, 6.45) is -2.16. The Morgan fingerprint density at radius 2 is 1.76 bits per heavy atom. The maximum atomic E-state index is 12.5. The van der Waals surface area contributed by atoms with Crippen LogP contribution >= 0.6 is 0 Å². The molecule has 2 amide bonds. The van der Waals surface area contributed by atoms with Crippen molar-refractivity contribution in [2.45, 2.75) is 24.7 Å². The van der Waals surface area contributed by atoms with Crippen LogP contribution in [0, 0.1) is 0 Å². The third-order valence-electron chi connectivity index (χ3n) is 4.07. The number of halogens is 3. The monoisotopic (exact) mass is 414 g/mol. The van der Waals surface area contributed by atoms with E-state index in [2.05, 4.69) is 10.2 Å². The molecule has 0 spiro atoms. The summed E-state index contributed by atoms with van der Waals surface area (Å²) in [6.45, 7) is 0.121. The molecule has 1 aliphatic rings. The maximum absolute atomic E-state index is 12.5. The zero-order chi connectivity index (χ0) is 21.8. The molecule has 0 aliphatic carbocycles. The Bertz CT molecular complexity index is 868. The number of aliphatic hydroxyl groups is 1. The predicted molar refractivity (Wildman–Crippen MR) is 92.4 cm³/mol. The number of aromatic amines is 1. The van der Waals surface area contributed by atoms with Gasteiger partial charge in [0.2, 0.25) is 5.91 Å². The Morgan fingerprint density at radius 3 is 2.21 bits per heavy atom. The van der Waals surface area contributed by atoms with Gasteiger partial charge in [-0.15, -0.1) is 0 Å². The molecule has 9 nitrogen and oxygen atoms in total. The summed E-state index contributed by atoms with van der Waals surface area (Å²) in [7, 11) is 0. The number of aromatic nitrogens is 2. The molecule has 0 bridgehead atoms. The standard InChI is InChI=1S/C15H16N4O3.C2HF3O2/c16-14(21)13-5-12(20)8-19(13)15(22)10-3-1-9(2-4-10)11-6-17-18-7-11;3-2(4,5)1(6)7/h1-4,6-7,12-13,20H,5,8H2,(H2,16,21)(H,17,18);(H,6,7)/t12-,13+;/m1./s1. The molecule has 1 aliphatic heterocycles. The zero-order valence-corrected chi connectivity index (χ0v) is 14.8. The Kier molecular flexibility index (Phi) is 6.59. The van der Waals surface area contributed by atoms with Gasteiger partial charge >= 0.3 is 12.1 Å². The highest BCUT2D eigenvalue weighted by atomic mass is 19.4. The van der Waals surface area contributed by atoms with Crippen LogP contribution in [0.15, 0.2) is 36.7 Å². The summed E-state index contributed by atoms with van der Waals surface area (Å²) in [4.78, 5) is 34.1. The minimum Gasteiger partial charge on any atom is -0.475 e. The van der Waals surface area contributed by atoms with E-state index in [4.69, 9.17) is 15.6 Å². The van der Waals surface area contributed by atoms with Crippen molar-refractivity contribution in [3.63, 3.8) is 0 Å². The number of nitrogens with one attached hydrogen (secondary N) is 1. The number of alkyl halides is 3. The SMILES string of the molecule is NC(=O)[C@@H]1C[C@@H](O)CN1C(=O)c1ccc(-c2cn[nH]c2)cc1.O=C(O)C(F)(F)F. The first-order chi connectivity index (χ1) is 13.5. The fourth-order valence-corrected chi connectivity index (χ4v) is 2.69. The number of aliphatic carboxylic acids is 1. The van der Waals surface area contributed by atoms with Crippen molar-refractivity contribution in [3.8, 4) is 11.1 Å². The van der Waals surface area contributed by atoms with Crippen LogP contribution in [0.25, 0.3) is 11.1 Å². The fraction of sp³-hybridized carbons (Fsp3) is 0.294. The molecular formula is C17H17F3N4O5. The first-order valence-corrected chi connectivity index (χ1v) is 8.18. The maximum Gasteiger partial charge on any atom is 0.490 e. The molecule has 0 unspecified atom stereocenters. The van der Waals surface area contributed by atoms with Gasteiger partial charge in [-0.3, -0.25) is 14.7 Å². The second kappa shape index (κ2) is 8.73. The number of β-amino-alcohol motifs (C(OH)–C–C–N with tert-alkyl or cyclic N) is 1.